The highest BCUT2D eigenvalue weighted by Crippen LogP contribution is 2.37. The van der Waals surface area contributed by atoms with Crippen molar-refractivity contribution in [2.24, 2.45) is 0 Å². The van der Waals surface area contributed by atoms with Crippen LogP contribution in [0.2, 0.25) is 0 Å². The molecule has 17 heavy (non-hydrogen) atoms. The molecule has 0 aliphatic carbocycles. The molecule has 0 aromatic carbocycles. The fourth-order valence-corrected chi connectivity index (χ4v) is 3.83. The zero-order chi connectivity index (χ0) is 12.5. The van der Waals surface area contributed by atoms with Crippen LogP contribution < -0.4 is 5.32 Å². The van der Waals surface area contributed by atoms with Crippen molar-refractivity contribution >= 4 is 28.4 Å². The Kier molecular flexibility index (Phi) is 3.69. The Morgan fingerprint density at radius 1 is 1.41 bits per heavy atom. The zero-order valence-electron chi connectivity index (χ0n) is 11.0. The molecule has 1 aromatic rings. The SMILES string of the molecule is CC1(CNc2nc(C(C)(C)C)ns2)CCCS1. The van der Waals surface area contributed by atoms with Crippen LogP contribution in [-0.2, 0) is 5.41 Å². The molecular formula is C12H21N3S2. The molecule has 1 unspecified atom stereocenters. The van der Waals surface area contributed by atoms with E-state index >= 15 is 0 Å². The second kappa shape index (κ2) is 4.76. The van der Waals surface area contributed by atoms with E-state index in [0.717, 1.165) is 17.5 Å². The van der Waals surface area contributed by atoms with Gasteiger partial charge >= 0.3 is 0 Å². The third-order valence-electron chi connectivity index (χ3n) is 3.01. The average Bonchev–Trinajstić information content (AvgIpc) is 2.83. The predicted molar refractivity (Wildman–Crippen MR) is 77.2 cm³/mol. The molecule has 1 N–H and O–H groups in total. The standard InChI is InChI=1S/C12H21N3S2/c1-11(2,3)9-14-10(17-15-9)13-8-12(4)6-5-7-16-12/h5-8H2,1-4H3,(H,13,14,15). The van der Waals surface area contributed by atoms with E-state index in [1.165, 1.54) is 30.1 Å². The second-order valence-corrected chi connectivity index (χ2v) is 8.36. The number of hydrogen-bond acceptors (Lipinski definition) is 5. The van der Waals surface area contributed by atoms with E-state index in [0.29, 0.717) is 4.75 Å². The smallest absolute Gasteiger partial charge is 0.202 e. The summed E-state index contributed by atoms with van der Waals surface area (Å²) in [6.45, 7) is 9.77. The maximum atomic E-state index is 4.56. The van der Waals surface area contributed by atoms with Crippen LogP contribution >= 0.6 is 23.3 Å². The third-order valence-corrected chi connectivity index (χ3v) is 5.22. The molecular weight excluding hydrogens is 250 g/mol. The normalized spacial score (nSPS) is 25.2. The van der Waals surface area contributed by atoms with Crippen molar-refractivity contribution in [1.82, 2.24) is 9.36 Å². The lowest BCUT2D eigenvalue weighted by molar-refractivity contribution is 0.555. The fraction of sp³-hybridized carbons (Fsp3) is 0.833. The molecule has 0 spiro atoms. The molecule has 5 heteroatoms. The number of hydrogen-bond donors (Lipinski definition) is 1. The summed E-state index contributed by atoms with van der Waals surface area (Å²) in [6.07, 6.45) is 2.64. The van der Waals surface area contributed by atoms with Crippen LogP contribution in [0, 0.1) is 0 Å². The fourth-order valence-electron chi connectivity index (χ4n) is 1.84. The van der Waals surface area contributed by atoms with E-state index in [-0.39, 0.29) is 5.41 Å². The van der Waals surface area contributed by atoms with Crippen molar-refractivity contribution in [1.29, 1.82) is 0 Å². The number of aromatic nitrogens is 2. The summed E-state index contributed by atoms with van der Waals surface area (Å²) < 4.78 is 4.80. The summed E-state index contributed by atoms with van der Waals surface area (Å²) in [6, 6.07) is 0. The van der Waals surface area contributed by atoms with Crippen LogP contribution in [-0.4, -0.2) is 26.4 Å². The lowest BCUT2D eigenvalue weighted by Crippen LogP contribution is -2.27. The predicted octanol–water partition coefficient (Wildman–Crippen LogP) is 3.53. The molecule has 1 aliphatic heterocycles. The van der Waals surface area contributed by atoms with Gasteiger partial charge in [0.25, 0.3) is 0 Å². The minimum absolute atomic E-state index is 0.0441. The zero-order valence-corrected chi connectivity index (χ0v) is 12.7. The van der Waals surface area contributed by atoms with Gasteiger partial charge in [0.05, 0.1) is 0 Å². The first-order valence-electron chi connectivity index (χ1n) is 6.11. The van der Waals surface area contributed by atoms with Gasteiger partial charge < -0.3 is 5.32 Å². The summed E-state index contributed by atoms with van der Waals surface area (Å²) in [5.74, 6) is 2.23. The van der Waals surface area contributed by atoms with Gasteiger partial charge in [-0.3, -0.25) is 0 Å². The second-order valence-electron chi connectivity index (χ2n) is 5.93. The number of anilines is 1. The lowest BCUT2D eigenvalue weighted by Gasteiger charge is -2.22. The van der Waals surface area contributed by atoms with Crippen molar-refractivity contribution in [2.45, 2.75) is 50.7 Å². The maximum Gasteiger partial charge on any atom is 0.202 e. The molecule has 0 bridgehead atoms. The summed E-state index contributed by atoms with van der Waals surface area (Å²) in [5.41, 5.74) is 0.0441. The van der Waals surface area contributed by atoms with Gasteiger partial charge in [-0.05, 0) is 25.5 Å². The van der Waals surface area contributed by atoms with Crippen LogP contribution in [0.3, 0.4) is 0 Å². The number of nitrogens with one attached hydrogen (secondary N) is 1. The number of thioether (sulfide) groups is 1. The van der Waals surface area contributed by atoms with Gasteiger partial charge in [0.2, 0.25) is 5.13 Å². The van der Waals surface area contributed by atoms with Gasteiger partial charge in [0.15, 0.2) is 0 Å². The van der Waals surface area contributed by atoms with Gasteiger partial charge in [0, 0.05) is 28.2 Å². The first-order chi connectivity index (χ1) is 7.89. The summed E-state index contributed by atoms with van der Waals surface area (Å²) >= 11 is 3.55. The molecule has 1 atom stereocenters. The van der Waals surface area contributed by atoms with Crippen molar-refractivity contribution in [3.8, 4) is 0 Å². The molecule has 1 saturated heterocycles. The topological polar surface area (TPSA) is 37.8 Å². The van der Waals surface area contributed by atoms with E-state index in [2.05, 4.69) is 54.1 Å². The minimum Gasteiger partial charge on any atom is -0.359 e. The van der Waals surface area contributed by atoms with E-state index in [9.17, 15) is 0 Å². The summed E-state index contributed by atoms with van der Waals surface area (Å²) in [5, 5.41) is 4.41. The summed E-state index contributed by atoms with van der Waals surface area (Å²) in [4.78, 5) is 4.56. The quantitative estimate of drug-likeness (QED) is 0.912. The Hall–Kier alpha value is -0.290. The minimum atomic E-state index is 0.0441. The van der Waals surface area contributed by atoms with Gasteiger partial charge in [-0.1, -0.05) is 20.8 Å². The first-order valence-corrected chi connectivity index (χ1v) is 7.87. The number of nitrogens with zero attached hydrogens (tertiary/aromatic N) is 2. The molecule has 1 aromatic heterocycles. The van der Waals surface area contributed by atoms with Gasteiger partial charge in [-0.25, -0.2) is 4.98 Å². The highest BCUT2D eigenvalue weighted by Gasteiger charge is 2.29. The van der Waals surface area contributed by atoms with Gasteiger partial charge in [0.1, 0.15) is 5.82 Å². The molecule has 2 heterocycles. The van der Waals surface area contributed by atoms with E-state index in [1.54, 1.807) is 0 Å². The highest BCUT2D eigenvalue weighted by atomic mass is 32.2. The maximum absolute atomic E-state index is 4.56. The molecule has 0 amide bonds. The Bertz CT molecular complexity index is 375. The van der Waals surface area contributed by atoms with Crippen molar-refractivity contribution in [2.75, 3.05) is 17.6 Å². The van der Waals surface area contributed by atoms with E-state index in [4.69, 9.17) is 0 Å². The van der Waals surface area contributed by atoms with Crippen LogP contribution in [0.5, 0.6) is 0 Å². The van der Waals surface area contributed by atoms with Crippen molar-refractivity contribution in [3.63, 3.8) is 0 Å². The van der Waals surface area contributed by atoms with Crippen LogP contribution in [0.15, 0.2) is 0 Å². The first kappa shape index (κ1) is 13.1. The monoisotopic (exact) mass is 271 g/mol. The third kappa shape index (κ3) is 3.35. The van der Waals surface area contributed by atoms with Crippen molar-refractivity contribution in [3.05, 3.63) is 5.82 Å². The molecule has 0 saturated carbocycles. The lowest BCUT2D eigenvalue weighted by atomic mass is 9.96. The van der Waals surface area contributed by atoms with Gasteiger partial charge in [-0.15, -0.1) is 0 Å². The Labute approximate surface area is 112 Å². The molecule has 1 aliphatic rings. The largest absolute Gasteiger partial charge is 0.359 e. The summed E-state index contributed by atoms with van der Waals surface area (Å²) in [7, 11) is 0. The van der Waals surface area contributed by atoms with E-state index < -0.39 is 0 Å². The molecule has 3 nitrogen and oxygen atoms in total. The molecule has 0 radical (unpaired) electrons. The van der Waals surface area contributed by atoms with E-state index in [1.807, 2.05) is 0 Å². The Morgan fingerprint density at radius 3 is 2.71 bits per heavy atom. The average molecular weight is 271 g/mol. The Balaban J connectivity index is 1.93. The van der Waals surface area contributed by atoms with Crippen LogP contribution in [0.25, 0.3) is 0 Å². The van der Waals surface area contributed by atoms with Crippen molar-refractivity contribution < 1.29 is 0 Å². The van der Waals surface area contributed by atoms with Crippen LogP contribution in [0.1, 0.15) is 46.4 Å². The number of rotatable bonds is 3. The highest BCUT2D eigenvalue weighted by molar-refractivity contribution is 8.00. The van der Waals surface area contributed by atoms with Crippen LogP contribution in [0.4, 0.5) is 5.13 Å². The molecule has 96 valence electrons. The van der Waals surface area contributed by atoms with Gasteiger partial charge in [-0.2, -0.15) is 16.1 Å². The molecule has 1 fully saturated rings. The molecule has 2 rings (SSSR count). The Morgan fingerprint density at radius 2 is 2.18 bits per heavy atom.